The summed E-state index contributed by atoms with van der Waals surface area (Å²) in [6.45, 7) is 0. The van der Waals surface area contributed by atoms with Gasteiger partial charge in [-0.1, -0.05) is 6.07 Å². The molecule has 1 atom stereocenters. The molecule has 0 aromatic carbocycles. The van der Waals surface area contributed by atoms with Gasteiger partial charge in [-0.05, 0) is 38.4 Å². The van der Waals surface area contributed by atoms with Crippen LogP contribution in [0.4, 0.5) is 0 Å². The molecule has 0 amide bonds. The average molecular weight is 254 g/mol. The van der Waals surface area contributed by atoms with Crippen molar-refractivity contribution in [1.82, 2.24) is 20.3 Å². The standard InChI is InChI=1S/C15H18N4/c1-16-13-6-4-7-14-12(13)10-18-15(19-14)9-11-5-2-3-8-17-11/h2-3,5,8,10,13,16H,4,6-7,9H2,1H3. The van der Waals surface area contributed by atoms with E-state index in [1.165, 1.54) is 24.1 Å². The van der Waals surface area contributed by atoms with Gasteiger partial charge in [-0.2, -0.15) is 0 Å². The minimum Gasteiger partial charge on any atom is -0.313 e. The molecule has 2 aromatic heterocycles. The van der Waals surface area contributed by atoms with Crippen LogP contribution >= 0.6 is 0 Å². The van der Waals surface area contributed by atoms with Crippen LogP contribution in [-0.4, -0.2) is 22.0 Å². The molecule has 0 fully saturated rings. The van der Waals surface area contributed by atoms with Crippen LogP contribution in [0, 0.1) is 0 Å². The SMILES string of the molecule is CNC1CCCc2nc(Cc3ccccn3)ncc21. The summed E-state index contributed by atoms with van der Waals surface area (Å²) in [4.78, 5) is 13.5. The molecule has 98 valence electrons. The van der Waals surface area contributed by atoms with Gasteiger partial charge in [-0.25, -0.2) is 9.97 Å². The number of fused-ring (bicyclic) bond motifs is 1. The van der Waals surface area contributed by atoms with E-state index in [9.17, 15) is 0 Å². The predicted molar refractivity (Wildman–Crippen MR) is 73.8 cm³/mol. The van der Waals surface area contributed by atoms with E-state index in [0.717, 1.165) is 17.9 Å². The molecule has 0 bridgehead atoms. The molecule has 0 spiro atoms. The molecule has 3 rings (SSSR count). The van der Waals surface area contributed by atoms with Crippen molar-refractivity contribution in [3.8, 4) is 0 Å². The van der Waals surface area contributed by atoms with Crippen molar-refractivity contribution in [3.05, 3.63) is 53.4 Å². The summed E-state index contributed by atoms with van der Waals surface area (Å²) in [5.41, 5.74) is 3.48. The summed E-state index contributed by atoms with van der Waals surface area (Å²) >= 11 is 0. The Hall–Kier alpha value is -1.81. The average Bonchev–Trinajstić information content (AvgIpc) is 2.47. The Morgan fingerprint density at radius 1 is 1.32 bits per heavy atom. The first-order valence-corrected chi connectivity index (χ1v) is 6.78. The van der Waals surface area contributed by atoms with Crippen LogP contribution in [0.25, 0.3) is 0 Å². The molecule has 0 saturated heterocycles. The number of pyridine rings is 1. The number of hydrogen-bond acceptors (Lipinski definition) is 4. The molecule has 0 radical (unpaired) electrons. The third kappa shape index (κ3) is 2.63. The third-order valence-corrected chi connectivity index (χ3v) is 3.65. The third-order valence-electron chi connectivity index (χ3n) is 3.65. The van der Waals surface area contributed by atoms with Gasteiger partial charge in [-0.3, -0.25) is 4.98 Å². The van der Waals surface area contributed by atoms with Crippen LogP contribution in [0.3, 0.4) is 0 Å². The molecule has 4 nitrogen and oxygen atoms in total. The fourth-order valence-corrected chi connectivity index (χ4v) is 2.64. The van der Waals surface area contributed by atoms with Gasteiger partial charge in [-0.15, -0.1) is 0 Å². The second kappa shape index (κ2) is 5.45. The molecular formula is C15H18N4. The molecule has 0 saturated carbocycles. The van der Waals surface area contributed by atoms with E-state index >= 15 is 0 Å². The summed E-state index contributed by atoms with van der Waals surface area (Å²) in [5.74, 6) is 0.870. The molecule has 1 aliphatic carbocycles. The number of nitrogens with one attached hydrogen (secondary N) is 1. The Morgan fingerprint density at radius 3 is 3.05 bits per heavy atom. The van der Waals surface area contributed by atoms with Crippen LogP contribution in [0.5, 0.6) is 0 Å². The molecular weight excluding hydrogens is 236 g/mol. The van der Waals surface area contributed by atoms with Crippen molar-refractivity contribution in [2.24, 2.45) is 0 Å². The highest BCUT2D eigenvalue weighted by atomic mass is 14.9. The summed E-state index contributed by atoms with van der Waals surface area (Å²) < 4.78 is 0. The Labute approximate surface area is 113 Å². The Bertz CT molecular complexity index is 553. The number of nitrogens with zero attached hydrogens (tertiary/aromatic N) is 3. The van der Waals surface area contributed by atoms with Gasteiger partial charge < -0.3 is 5.32 Å². The van der Waals surface area contributed by atoms with Gasteiger partial charge >= 0.3 is 0 Å². The number of aryl methyl sites for hydroxylation is 1. The quantitative estimate of drug-likeness (QED) is 0.911. The summed E-state index contributed by atoms with van der Waals surface area (Å²) in [6.07, 6.45) is 7.93. The van der Waals surface area contributed by atoms with Crippen molar-refractivity contribution in [1.29, 1.82) is 0 Å². The van der Waals surface area contributed by atoms with E-state index in [4.69, 9.17) is 4.98 Å². The Kier molecular flexibility index (Phi) is 3.51. The zero-order valence-electron chi connectivity index (χ0n) is 11.1. The highest BCUT2D eigenvalue weighted by Gasteiger charge is 2.20. The second-order valence-corrected chi connectivity index (χ2v) is 4.92. The van der Waals surface area contributed by atoms with Gasteiger partial charge in [0.05, 0.1) is 6.42 Å². The molecule has 2 aromatic rings. The fraction of sp³-hybridized carbons (Fsp3) is 0.400. The minimum absolute atomic E-state index is 0.410. The fourth-order valence-electron chi connectivity index (χ4n) is 2.64. The lowest BCUT2D eigenvalue weighted by atomic mass is 9.92. The van der Waals surface area contributed by atoms with Crippen LogP contribution in [0.15, 0.2) is 30.6 Å². The molecule has 1 unspecified atom stereocenters. The molecule has 19 heavy (non-hydrogen) atoms. The van der Waals surface area contributed by atoms with Gasteiger partial charge in [0.25, 0.3) is 0 Å². The lowest BCUT2D eigenvalue weighted by Crippen LogP contribution is -2.23. The number of aromatic nitrogens is 3. The monoisotopic (exact) mass is 254 g/mol. The van der Waals surface area contributed by atoms with Crippen LogP contribution in [0.1, 0.15) is 41.7 Å². The van der Waals surface area contributed by atoms with Crippen molar-refractivity contribution >= 4 is 0 Å². The molecule has 0 aliphatic heterocycles. The van der Waals surface area contributed by atoms with Crippen molar-refractivity contribution < 1.29 is 0 Å². The largest absolute Gasteiger partial charge is 0.313 e. The van der Waals surface area contributed by atoms with Gasteiger partial charge in [0, 0.05) is 35.4 Å². The normalized spacial score (nSPS) is 18.1. The highest BCUT2D eigenvalue weighted by Crippen LogP contribution is 2.27. The topological polar surface area (TPSA) is 50.7 Å². The molecule has 1 N–H and O–H groups in total. The van der Waals surface area contributed by atoms with Gasteiger partial charge in [0.2, 0.25) is 0 Å². The molecule has 4 heteroatoms. The van der Waals surface area contributed by atoms with Crippen LogP contribution < -0.4 is 5.32 Å². The maximum Gasteiger partial charge on any atom is 0.134 e. The lowest BCUT2D eigenvalue weighted by molar-refractivity contribution is 0.485. The van der Waals surface area contributed by atoms with Gasteiger partial charge in [0.15, 0.2) is 0 Å². The summed E-state index contributed by atoms with van der Waals surface area (Å²) in [5, 5.41) is 3.34. The zero-order valence-corrected chi connectivity index (χ0v) is 11.1. The van der Waals surface area contributed by atoms with Crippen molar-refractivity contribution in [2.75, 3.05) is 7.05 Å². The molecule has 2 heterocycles. The lowest BCUT2D eigenvalue weighted by Gasteiger charge is -2.24. The smallest absolute Gasteiger partial charge is 0.134 e. The maximum atomic E-state index is 4.72. The maximum absolute atomic E-state index is 4.72. The first kappa shape index (κ1) is 12.2. The minimum atomic E-state index is 0.410. The zero-order chi connectivity index (χ0) is 13.1. The Balaban J connectivity index is 1.85. The van der Waals surface area contributed by atoms with Gasteiger partial charge in [0.1, 0.15) is 5.82 Å². The van der Waals surface area contributed by atoms with E-state index < -0.39 is 0 Å². The first-order chi connectivity index (χ1) is 9.36. The number of rotatable bonds is 3. The van der Waals surface area contributed by atoms with Crippen LogP contribution in [0.2, 0.25) is 0 Å². The van der Waals surface area contributed by atoms with E-state index in [-0.39, 0.29) is 0 Å². The second-order valence-electron chi connectivity index (χ2n) is 4.92. The Morgan fingerprint density at radius 2 is 2.26 bits per heavy atom. The van der Waals surface area contributed by atoms with Crippen molar-refractivity contribution in [2.45, 2.75) is 31.7 Å². The van der Waals surface area contributed by atoms with E-state index in [1.54, 1.807) is 0 Å². The highest BCUT2D eigenvalue weighted by molar-refractivity contribution is 5.25. The number of hydrogen-bond donors (Lipinski definition) is 1. The van der Waals surface area contributed by atoms with Crippen molar-refractivity contribution in [3.63, 3.8) is 0 Å². The van der Waals surface area contributed by atoms with Crippen LogP contribution in [-0.2, 0) is 12.8 Å². The van der Waals surface area contributed by atoms with E-state index in [2.05, 4.69) is 15.3 Å². The van der Waals surface area contributed by atoms with E-state index in [1.807, 2.05) is 37.6 Å². The van der Waals surface area contributed by atoms with E-state index in [0.29, 0.717) is 12.5 Å². The first-order valence-electron chi connectivity index (χ1n) is 6.78. The predicted octanol–water partition coefficient (Wildman–Crippen LogP) is 2.06. The summed E-state index contributed by atoms with van der Waals surface area (Å²) in [6, 6.07) is 6.35. The summed E-state index contributed by atoms with van der Waals surface area (Å²) in [7, 11) is 2.00. The molecule has 1 aliphatic rings.